The van der Waals surface area contributed by atoms with E-state index in [1.165, 1.54) is 0 Å². The molecule has 4 aromatic rings. The first-order valence-corrected chi connectivity index (χ1v) is 8.11. The summed E-state index contributed by atoms with van der Waals surface area (Å²) in [6, 6.07) is 17.1. The predicted molar refractivity (Wildman–Crippen MR) is 99.2 cm³/mol. The second kappa shape index (κ2) is 6.28. The van der Waals surface area contributed by atoms with E-state index in [1.807, 2.05) is 25.3 Å². The molecule has 0 amide bonds. The molecule has 5 nitrogen and oxygen atoms in total. The van der Waals surface area contributed by atoms with Gasteiger partial charge in [-0.3, -0.25) is 0 Å². The highest BCUT2D eigenvalue weighted by molar-refractivity contribution is 5.89. The van der Waals surface area contributed by atoms with Gasteiger partial charge in [-0.25, -0.2) is 4.99 Å². The Hall–Kier alpha value is -3.34. The van der Waals surface area contributed by atoms with Crippen LogP contribution in [0.25, 0.3) is 16.4 Å². The molecule has 2 heterocycles. The highest BCUT2D eigenvalue weighted by Crippen LogP contribution is 2.28. The largest absolute Gasteiger partial charge is 0.508 e. The van der Waals surface area contributed by atoms with Crippen LogP contribution in [0.15, 0.2) is 65.8 Å². The van der Waals surface area contributed by atoms with Gasteiger partial charge in [-0.1, -0.05) is 18.2 Å². The molecule has 25 heavy (non-hydrogen) atoms. The molecular weight excluding hydrogens is 314 g/mol. The Labute approximate surface area is 144 Å². The number of fused-ring (bicyclic) bond motifs is 3. The van der Waals surface area contributed by atoms with Gasteiger partial charge in [-0.15, -0.1) is 0 Å². The van der Waals surface area contributed by atoms with Crippen molar-refractivity contribution >= 4 is 28.5 Å². The minimum Gasteiger partial charge on any atom is -0.508 e. The maximum atomic E-state index is 9.36. The van der Waals surface area contributed by atoms with Crippen LogP contribution in [-0.2, 0) is 0 Å². The first-order chi connectivity index (χ1) is 12.2. The van der Waals surface area contributed by atoms with Crippen molar-refractivity contribution in [1.29, 1.82) is 0 Å². The molecule has 0 saturated heterocycles. The summed E-state index contributed by atoms with van der Waals surface area (Å²) in [6.07, 6.45) is 3.62. The standard InChI is InChI=1S/C20H17N3O2/c1-2-25-20-18-11-15-5-3-4-6-17(15)23(18)13-19(22-20)21-12-14-7-9-16(24)10-8-14/h3-13,24H,2H2,1H3/b21-12+. The number of ether oxygens (including phenoxy) is 1. The lowest BCUT2D eigenvalue weighted by molar-refractivity contribution is 0.330. The molecule has 4 rings (SSSR count). The molecule has 0 radical (unpaired) electrons. The highest BCUT2D eigenvalue weighted by Gasteiger charge is 2.10. The van der Waals surface area contributed by atoms with Crippen LogP contribution in [0.5, 0.6) is 11.6 Å². The Morgan fingerprint density at radius 3 is 2.72 bits per heavy atom. The lowest BCUT2D eigenvalue weighted by Crippen LogP contribution is -1.98. The first-order valence-electron chi connectivity index (χ1n) is 8.11. The zero-order chi connectivity index (χ0) is 17.2. The van der Waals surface area contributed by atoms with Gasteiger partial charge in [0.1, 0.15) is 11.3 Å². The number of hydrogen-bond acceptors (Lipinski definition) is 4. The van der Waals surface area contributed by atoms with Crippen molar-refractivity contribution in [1.82, 2.24) is 9.38 Å². The summed E-state index contributed by atoms with van der Waals surface area (Å²) in [5.74, 6) is 1.36. The third-order valence-electron chi connectivity index (χ3n) is 3.95. The summed E-state index contributed by atoms with van der Waals surface area (Å²) in [7, 11) is 0. The number of para-hydroxylation sites is 1. The van der Waals surface area contributed by atoms with E-state index in [2.05, 4.69) is 32.6 Å². The van der Waals surface area contributed by atoms with E-state index < -0.39 is 0 Å². The molecule has 0 fully saturated rings. The Kier molecular flexibility index (Phi) is 3.82. The van der Waals surface area contributed by atoms with Crippen molar-refractivity contribution in [3.63, 3.8) is 0 Å². The number of aromatic nitrogens is 2. The quantitative estimate of drug-likeness (QED) is 0.566. The van der Waals surface area contributed by atoms with E-state index >= 15 is 0 Å². The maximum Gasteiger partial charge on any atom is 0.240 e. The van der Waals surface area contributed by atoms with Crippen LogP contribution < -0.4 is 4.74 Å². The number of phenols is 1. The Morgan fingerprint density at radius 2 is 1.92 bits per heavy atom. The molecule has 0 aliphatic rings. The summed E-state index contributed by atoms with van der Waals surface area (Å²) < 4.78 is 7.77. The van der Waals surface area contributed by atoms with Gasteiger partial charge in [0.05, 0.1) is 18.3 Å². The topological polar surface area (TPSA) is 59.1 Å². The van der Waals surface area contributed by atoms with Crippen molar-refractivity contribution < 1.29 is 9.84 Å². The second-order valence-electron chi connectivity index (χ2n) is 5.65. The summed E-state index contributed by atoms with van der Waals surface area (Å²) in [6.45, 7) is 2.47. The highest BCUT2D eigenvalue weighted by atomic mass is 16.5. The van der Waals surface area contributed by atoms with Crippen molar-refractivity contribution in [2.45, 2.75) is 6.92 Å². The first kappa shape index (κ1) is 15.2. The van der Waals surface area contributed by atoms with Gasteiger partial charge in [0, 0.05) is 11.6 Å². The zero-order valence-corrected chi connectivity index (χ0v) is 13.8. The van der Waals surface area contributed by atoms with Gasteiger partial charge in [-0.2, -0.15) is 4.98 Å². The molecule has 5 heteroatoms. The van der Waals surface area contributed by atoms with Crippen molar-refractivity contribution in [2.24, 2.45) is 4.99 Å². The van der Waals surface area contributed by atoms with Crippen molar-refractivity contribution in [2.75, 3.05) is 6.61 Å². The fourth-order valence-corrected chi connectivity index (χ4v) is 2.79. The van der Waals surface area contributed by atoms with Crippen molar-refractivity contribution in [3.8, 4) is 11.6 Å². The van der Waals surface area contributed by atoms with Gasteiger partial charge < -0.3 is 14.2 Å². The smallest absolute Gasteiger partial charge is 0.240 e. The minimum absolute atomic E-state index is 0.231. The molecule has 2 aromatic carbocycles. The molecule has 124 valence electrons. The van der Waals surface area contributed by atoms with Gasteiger partial charge in [-0.05, 0) is 48.9 Å². The second-order valence-corrected chi connectivity index (χ2v) is 5.65. The molecule has 0 aliphatic heterocycles. The van der Waals surface area contributed by atoms with Crippen LogP contribution >= 0.6 is 0 Å². The summed E-state index contributed by atoms with van der Waals surface area (Å²) in [4.78, 5) is 9.00. The van der Waals surface area contributed by atoms with E-state index in [0.29, 0.717) is 18.3 Å². The average molecular weight is 331 g/mol. The fraction of sp³-hybridized carbons (Fsp3) is 0.100. The number of phenolic OH excluding ortho intramolecular Hbond substituents is 1. The number of hydrogen-bond donors (Lipinski definition) is 1. The maximum absolute atomic E-state index is 9.36. The number of aliphatic imine (C=N–C) groups is 1. The fourth-order valence-electron chi connectivity index (χ4n) is 2.79. The molecule has 0 spiro atoms. The Bertz CT molecular complexity index is 1070. The monoisotopic (exact) mass is 331 g/mol. The van der Waals surface area contributed by atoms with Gasteiger partial charge >= 0.3 is 0 Å². The van der Waals surface area contributed by atoms with Crippen LogP contribution in [-0.4, -0.2) is 27.3 Å². The molecule has 1 N–H and O–H groups in total. The van der Waals surface area contributed by atoms with Crippen LogP contribution in [0, 0.1) is 0 Å². The number of nitrogens with zero attached hydrogens (tertiary/aromatic N) is 3. The van der Waals surface area contributed by atoms with Gasteiger partial charge in [0.2, 0.25) is 5.88 Å². The van der Waals surface area contributed by atoms with Crippen LogP contribution in [0.1, 0.15) is 12.5 Å². The van der Waals surface area contributed by atoms with Gasteiger partial charge in [0.25, 0.3) is 0 Å². The zero-order valence-electron chi connectivity index (χ0n) is 13.8. The van der Waals surface area contributed by atoms with E-state index in [9.17, 15) is 5.11 Å². The van der Waals surface area contributed by atoms with Crippen molar-refractivity contribution in [3.05, 3.63) is 66.4 Å². The average Bonchev–Trinajstić information content (AvgIpc) is 3.01. The van der Waals surface area contributed by atoms with E-state index in [0.717, 1.165) is 22.0 Å². The Balaban J connectivity index is 1.83. The summed E-state index contributed by atoms with van der Waals surface area (Å²) in [5.41, 5.74) is 2.89. The van der Waals surface area contributed by atoms with Crippen LogP contribution in [0.4, 0.5) is 5.82 Å². The number of rotatable bonds is 4. The SMILES string of the molecule is CCOc1nc(/N=C/c2ccc(O)cc2)cn2c1cc1ccccc12. The third kappa shape index (κ3) is 2.92. The number of aromatic hydroxyl groups is 1. The van der Waals surface area contributed by atoms with Crippen LogP contribution in [0.3, 0.4) is 0 Å². The molecule has 0 aliphatic carbocycles. The molecule has 0 bridgehead atoms. The molecule has 2 aromatic heterocycles. The minimum atomic E-state index is 0.231. The predicted octanol–water partition coefficient (Wildman–Crippen LogP) is 4.34. The normalized spacial score (nSPS) is 11.6. The molecule has 0 atom stereocenters. The van der Waals surface area contributed by atoms with Gasteiger partial charge in [0.15, 0.2) is 5.82 Å². The van der Waals surface area contributed by atoms with Crippen LogP contribution in [0.2, 0.25) is 0 Å². The lowest BCUT2D eigenvalue weighted by Gasteiger charge is -2.06. The van der Waals surface area contributed by atoms with E-state index in [4.69, 9.17) is 4.74 Å². The summed E-state index contributed by atoms with van der Waals surface area (Å²) >= 11 is 0. The molecule has 0 unspecified atom stereocenters. The number of benzene rings is 2. The lowest BCUT2D eigenvalue weighted by atomic mass is 10.2. The molecular formula is C20H17N3O2. The molecule has 0 saturated carbocycles. The summed E-state index contributed by atoms with van der Waals surface area (Å²) in [5, 5.41) is 10.5. The van der Waals surface area contributed by atoms with E-state index in [1.54, 1.807) is 30.5 Å². The van der Waals surface area contributed by atoms with E-state index in [-0.39, 0.29) is 5.75 Å². The Morgan fingerprint density at radius 1 is 1.12 bits per heavy atom. The third-order valence-corrected chi connectivity index (χ3v) is 3.95.